The maximum Gasteiger partial charge on any atom is 0.324 e. The zero-order valence-corrected chi connectivity index (χ0v) is 9.73. The molecule has 1 aliphatic heterocycles. The van der Waals surface area contributed by atoms with Crippen LogP contribution >= 0.6 is 0 Å². The maximum atomic E-state index is 11.9. The Balaban J connectivity index is 2.50. The number of hydrogen-bond donors (Lipinski definition) is 1. The zero-order chi connectivity index (χ0) is 11.3. The Labute approximate surface area is 91.1 Å². The molecule has 5 nitrogen and oxygen atoms in total. The Bertz CT molecular complexity index is 236. The average Bonchev–Trinajstić information content (AvgIpc) is 2.28. The number of rotatable bonds is 2. The second kappa shape index (κ2) is 5.70. The van der Waals surface area contributed by atoms with Crippen LogP contribution < -0.4 is 5.32 Å². The first-order valence-electron chi connectivity index (χ1n) is 5.29. The molecule has 0 saturated carbocycles. The van der Waals surface area contributed by atoms with Crippen molar-refractivity contribution in [1.82, 2.24) is 15.1 Å². The quantitative estimate of drug-likeness (QED) is 0.531. The molecule has 15 heavy (non-hydrogen) atoms. The summed E-state index contributed by atoms with van der Waals surface area (Å²) in [6, 6.07) is 0.360. The van der Waals surface area contributed by atoms with Crippen molar-refractivity contribution in [2.45, 2.75) is 18.9 Å². The molecule has 1 aliphatic rings. The van der Waals surface area contributed by atoms with Crippen LogP contribution in [0.15, 0.2) is 4.99 Å². The second-order valence-electron chi connectivity index (χ2n) is 3.86. The van der Waals surface area contributed by atoms with Gasteiger partial charge >= 0.3 is 6.03 Å². The summed E-state index contributed by atoms with van der Waals surface area (Å²) in [6.07, 6.45) is 3.60. The Morgan fingerprint density at radius 3 is 2.53 bits per heavy atom. The number of nitrogens with zero attached hydrogens (tertiary/aromatic N) is 3. The number of carbonyl (C=O) groups is 1. The van der Waals surface area contributed by atoms with Crippen molar-refractivity contribution in [3.63, 3.8) is 0 Å². The molecule has 1 fully saturated rings. The van der Waals surface area contributed by atoms with E-state index in [1.165, 1.54) is 4.90 Å². The molecule has 0 atom stereocenters. The van der Waals surface area contributed by atoms with Crippen LogP contribution in [0.1, 0.15) is 12.8 Å². The molecule has 0 aromatic carbocycles. The van der Waals surface area contributed by atoms with Crippen molar-refractivity contribution in [3.05, 3.63) is 0 Å². The van der Waals surface area contributed by atoms with E-state index in [1.807, 2.05) is 11.9 Å². The highest BCUT2D eigenvalue weighted by atomic mass is 16.2. The lowest BCUT2D eigenvalue weighted by Crippen LogP contribution is -2.48. The molecule has 0 aromatic heterocycles. The third kappa shape index (κ3) is 3.20. The van der Waals surface area contributed by atoms with Crippen molar-refractivity contribution in [2.24, 2.45) is 4.99 Å². The number of carbonyl (C=O) groups excluding carboxylic acids is 1. The van der Waals surface area contributed by atoms with Gasteiger partial charge in [-0.05, 0) is 25.9 Å². The highest BCUT2D eigenvalue weighted by Gasteiger charge is 2.23. The summed E-state index contributed by atoms with van der Waals surface area (Å²) in [5, 5.41) is 3.28. The minimum absolute atomic E-state index is 0.00694. The van der Waals surface area contributed by atoms with Gasteiger partial charge in [0.05, 0.1) is 6.34 Å². The van der Waals surface area contributed by atoms with Gasteiger partial charge in [0.15, 0.2) is 0 Å². The van der Waals surface area contributed by atoms with Crippen LogP contribution in [0.5, 0.6) is 0 Å². The zero-order valence-electron chi connectivity index (χ0n) is 9.73. The number of urea groups is 1. The second-order valence-corrected chi connectivity index (χ2v) is 3.86. The van der Waals surface area contributed by atoms with Crippen LogP contribution in [0.3, 0.4) is 0 Å². The van der Waals surface area contributed by atoms with Gasteiger partial charge in [0.2, 0.25) is 0 Å². The highest BCUT2D eigenvalue weighted by molar-refractivity contribution is 5.86. The normalized spacial score (nSPS) is 18.1. The minimum Gasteiger partial charge on any atom is -0.324 e. The van der Waals surface area contributed by atoms with Gasteiger partial charge in [-0.25, -0.2) is 4.79 Å². The van der Waals surface area contributed by atoms with Crippen molar-refractivity contribution in [3.8, 4) is 0 Å². The van der Waals surface area contributed by atoms with Crippen LogP contribution in [0.2, 0.25) is 0 Å². The molecule has 1 saturated heterocycles. The fourth-order valence-electron chi connectivity index (χ4n) is 1.82. The Morgan fingerprint density at radius 2 is 2.00 bits per heavy atom. The molecule has 1 heterocycles. The molecular formula is C10H20N4O. The standard InChI is InChI=1S/C10H20N4O/c1-11-8-13(2)10(15)14(3)9-4-6-12-7-5-9/h8-9,12H,4-7H2,1-3H3. The number of aliphatic imine (C=N–C) groups is 1. The van der Waals surface area contributed by atoms with E-state index in [0.717, 1.165) is 25.9 Å². The molecule has 0 unspecified atom stereocenters. The summed E-state index contributed by atoms with van der Waals surface area (Å²) in [5.41, 5.74) is 0. The van der Waals surface area contributed by atoms with Gasteiger partial charge in [0.1, 0.15) is 0 Å². The first-order valence-corrected chi connectivity index (χ1v) is 5.29. The lowest BCUT2D eigenvalue weighted by molar-refractivity contribution is 0.162. The number of amides is 2. The summed E-state index contributed by atoms with van der Waals surface area (Å²) in [4.78, 5) is 19.0. The van der Waals surface area contributed by atoms with Gasteiger partial charge in [0.25, 0.3) is 0 Å². The molecule has 5 heteroatoms. The van der Waals surface area contributed by atoms with E-state index in [1.54, 1.807) is 20.4 Å². The molecule has 0 aromatic rings. The minimum atomic E-state index is 0.00694. The third-order valence-corrected chi connectivity index (χ3v) is 2.75. The molecule has 0 radical (unpaired) electrons. The van der Waals surface area contributed by atoms with Crippen molar-refractivity contribution in [1.29, 1.82) is 0 Å². The summed E-state index contributed by atoms with van der Waals surface area (Å²) >= 11 is 0. The molecule has 2 amide bonds. The Hall–Kier alpha value is -1.10. The van der Waals surface area contributed by atoms with Crippen LogP contribution in [0.25, 0.3) is 0 Å². The number of hydrogen-bond acceptors (Lipinski definition) is 3. The van der Waals surface area contributed by atoms with E-state index >= 15 is 0 Å². The molecule has 1 rings (SSSR count). The summed E-state index contributed by atoms with van der Waals surface area (Å²) in [5.74, 6) is 0. The van der Waals surface area contributed by atoms with Crippen molar-refractivity contribution in [2.75, 3.05) is 34.2 Å². The van der Waals surface area contributed by atoms with Gasteiger partial charge in [-0.15, -0.1) is 0 Å². The fraction of sp³-hybridized carbons (Fsp3) is 0.800. The first kappa shape index (κ1) is 12.0. The highest BCUT2D eigenvalue weighted by Crippen LogP contribution is 2.10. The van der Waals surface area contributed by atoms with Crippen LogP contribution in [-0.2, 0) is 0 Å². The van der Waals surface area contributed by atoms with E-state index in [2.05, 4.69) is 10.3 Å². The molecular weight excluding hydrogens is 192 g/mol. The molecule has 0 spiro atoms. The molecule has 0 aliphatic carbocycles. The van der Waals surface area contributed by atoms with E-state index in [4.69, 9.17) is 0 Å². The average molecular weight is 212 g/mol. The molecule has 1 N–H and O–H groups in total. The lowest BCUT2D eigenvalue weighted by atomic mass is 10.1. The third-order valence-electron chi connectivity index (χ3n) is 2.75. The van der Waals surface area contributed by atoms with Gasteiger partial charge in [-0.1, -0.05) is 0 Å². The van der Waals surface area contributed by atoms with Gasteiger partial charge in [0, 0.05) is 27.2 Å². The van der Waals surface area contributed by atoms with Gasteiger partial charge < -0.3 is 10.2 Å². The van der Waals surface area contributed by atoms with Crippen LogP contribution in [0, 0.1) is 0 Å². The first-order chi connectivity index (χ1) is 7.16. The van der Waals surface area contributed by atoms with E-state index in [0.29, 0.717) is 6.04 Å². The SMILES string of the molecule is CN=CN(C)C(=O)N(C)C1CCNCC1. The van der Waals surface area contributed by atoms with Crippen LogP contribution in [0.4, 0.5) is 4.79 Å². The predicted molar refractivity (Wildman–Crippen MR) is 61.2 cm³/mol. The molecule has 86 valence electrons. The van der Waals surface area contributed by atoms with Crippen molar-refractivity contribution >= 4 is 12.4 Å². The summed E-state index contributed by atoms with van der Waals surface area (Å²) in [6.45, 7) is 1.99. The summed E-state index contributed by atoms with van der Waals surface area (Å²) in [7, 11) is 5.25. The Morgan fingerprint density at radius 1 is 1.40 bits per heavy atom. The number of nitrogens with one attached hydrogen (secondary N) is 1. The van der Waals surface area contributed by atoms with E-state index in [9.17, 15) is 4.79 Å². The fourth-order valence-corrected chi connectivity index (χ4v) is 1.82. The monoisotopic (exact) mass is 212 g/mol. The van der Waals surface area contributed by atoms with Crippen molar-refractivity contribution < 1.29 is 4.79 Å². The Kier molecular flexibility index (Phi) is 4.55. The van der Waals surface area contributed by atoms with E-state index < -0.39 is 0 Å². The van der Waals surface area contributed by atoms with Gasteiger partial charge in [-0.3, -0.25) is 9.89 Å². The largest absolute Gasteiger partial charge is 0.324 e. The number of piperidine rings is 1. The summed E-state index contributed by atoms with van der Waals surface area (Å²) < 4.78 is 0. The lowest BCUT2D eigenvalue weighted by Gasteiger charge is -2.33. The maximum absolute atomic E-state index is 11.9. The predicted octanol–water partition coefficient (Wildman–Crippen LogP) is 0.380. The van der Waals surface area contributed by atoms with Crippen LogP contribution in [-0.4, -0.2) is 62.4 Å². The topological polar surface area (TPSA) is 47.9 Å². The molecule has 0 bridgehead atoms. The smallest absolute Gasteiger partial charge is 0.324 e. The van der Waals surface area contributed by atoms with Gasteiger partial charge in [-0.2, -0.15) is 0 Å². The van der Waals surface area contributed by atoms with E-state index in [-0.39, 0.29) is 6.03 Å².